The molecule has 0 spiro atoms. The largest absolute Gasteiger partial charge is 0.274 e. The lowest BCUT2D eigenvalue weighted by molar-refractivity contribution is -0.384. The highest BCUT2D eigenvalue weighted by atomic mass is 19.1. The highest BCUT2D eigenvalue weighted by molar-refractivity contribution is 5.94. The zero-order chi connectivity index (χ0) is 16.7. The van der Waals surface area contributed by atoms with Crippen LogP contribution in [0.5, 0.6) is 0 Å². The van der Waals surface area contributed by atoms with Crippen LogP contribution >= 0.6 is 0 Å². The fourth-order valence-corrected chi connectivity index (χ4v) is 1.71. The van der Waals surface area contributed by atoms with Crippen LogP contribution in [0.15, 0.2) is 59.7 Å². The van der Waals surface area contributed by atoms with E-state index in [1.165, 1.54) is 36.5 Å². The first-order valence-electron chi connectivity index (χ1n) is 6.57. The van der Waals surface area contributed by atoms with Crippen LogP contribution < -0.4 is 5.43 Å². The number of nitrogens with one attached hydrogen (secondary N) is 1. The summed E-state index contributed by atoms with van der Waals surface area (Å²) in [6, 6.07) is 11.5. The van der Waals surface area contributed by atoms with E-state index in [-0.39, 0.29) is 11.3 Å². The molecule has 2 rings (SSSR count). The van der Waals surface area contributed by atoms with Gasteiger partial charge in [-0.15, -0.1) is 0 Å². The van der Waals surface area contributed by atoms with Crippen LogP contribution in [0.1, 0.15) is 15.9 Å². The molecule has 0 aliphatic carbocycles. The van der Waals surface area contributed by atoms with Gasteiger partial charge >= 0.3 is 0 Å². The van der Waals surface area contributed by atoms with Crippen LogP contribution in [0.25, 0.3) is 6.08 Å². The number of hydrazone groups is 1. The third kappa shape index (κ3) is 4.57. The number of amides is 1. The molecule has 0 aromatic heterocycles. The Morgan fingerprint density at radius 1 is 1.17 bits per heavy atom. The lowest BCUT2D eigenvalue weighted by Crippen LogP contribution is -2.18. The van der Waals surface area contributed by atoms with Crippen LogP contribution in [0, 0.1) is 15.9 Å². The molecular formula is C16H12FN3O3. The van der Waals surface area contributed by atoms with Gasteiger partial charge in [-0.1, -0.05) is 18.2 Å². The first-order valence-corrected chi connectivity index (χ1v) is 6.57. The minimum Gasteiger partial charge on any atom is -0.267 e. The molecule has 116 valence electrons. The molecule has 2 aromatic carbocycles. The van der Waals surface area contributed by atoms with Crippen LogP contribution in [-0.4, -0.2) is 17.0 Å². The Kier molecular flexibility index (Phi) is 5.30. The van der Waals surface area contributed by atoms with Gasteiger partial charge in [-0.2, -0.15) is 5.10 Å². The Morgan fingerprint density at radius 2 is 1.87 bits per heavy atom. The molecule has 0 atom stereocenters. The van der Waals surface area contributed by atoms with Crippen molar-refractivity contribution < 1.29 is 14.1 Å². The van der Waals surface area contributed by atoms with Gasteiger partial charge in [0.1, 0.15) is 5.82 Å². The molecule has 7 heteroatoms. The average molecular weight is 313 g/mol. The summed E-state index contributed by atoms with van der Waals surface area (Å²) in [4.78, 5) is 21.7. The predicted molar refractivity (Wildman–Crippen MR) is 84.5 cm³/mol. The summed E-state index contributed by atoms with van der Waals surface area (Å²) in [6.45, 7) is 0. The third-order valence-corrected chi connectivity index (χ3v) is 2.84. The standard InChI is InChI=1S/C16H12FN3O3/c17-15-6-2-1-5-14(15)16(21)19-18-11-3-4-12-7-9-13(10-8-12)20(22)23/h1-11H,(H,19,21)/b4-3+,18-11+. The first kappa shape index (κ1) is 16.0. The van der Waals surface area contributed by atoms with Crippen molar-refractivity contribution in [2.75, 3.05) is 0 Å². The van der Waals surface area contributed by atoms with Crippen LogP contribution in [0.4, 0.5) is 10.1 Å². The maximum atomic E-state index is 13.4. The van der Waals surface area contributed by atoms with E-state index in [1.54, 1.807) is 30.4 Å². The van der Waals surface area contributed by atoms with E-state index in [4.69, 9.17) is 0 Å². The minimum atomic E-state index is -0.650. The monoisotopic (exact) mass is 313 g/mol. The Labute approximate surface area is 131 Å². The molecule has 0 aliphatic rings. The summed E-state index contributed by atoms with van der Waals surface area (Å²) in [5, 5.41) is 14.2. The van der Waals surface area contributed by atoms with E-state index in [2.05, 4.69) is 10.5 Å². The van der Waals surface area contributed by atoms with Gasteiger partial charge in [-0.3, -0.25) is 14.9 Å². The third-order valence-electron chi connectivity index (χ3n) is 2.84. The second-order valence-electron chi connectivity index (χ2n) is 4.41. The molecular weight excluding hydrogens is 301 g/mol. The smallest absolute Gasteiger partial charge is 0.267 e. The molecule has 0 unspecified atom stereocenters. The van der Waals surface area contributed by atoms with Gasteiger partial charge in [-0.25, -0.2) is 9.82 Å². The first-order chi connectivity index (χ1) is 11.1. The number of nitro benzene ring substituents is 1. The minimum absolute atomic E-state index is 0.00738. The molecule has 0 saturated carbocycles. The van der Waals surface area contributed by atoms with Crippen molar-refractivity contribution in [2.24, 2.45) is 5.10 Å². The van der Waals surface area contributed by atoms with Crippen molar-refractivity contribution >= 4 is 23.9 Å². The molecule has 2 aromatic rings. The molecule has 0 bridgehead atoms. The highest BCUT2D eigenvalue weighted by Crippen LogP contribution is 2.12. The number of benzene rings is 2. The van der Waals surface area contributed by atoms with Gasteiger partial charge in [-0.05, 0) is 35.9 Å². The fraction of sp³-hybridized carbons (Fsp3) is 0. The maximum Gasteiger partial charge on any atom is 0.274 e. The van der Waals surface area contributed by atoms with Gasteiger partial charge in [0.2, 0.25) is 0 Å². The summed E-state index contributed by atoms with van der Waals surface area (Å²) in [5.74, 6) is -1.27. The Balaban J connectivity index is 1.90. The van der Waals surface area contributed by atoms with Crippen molar-refractivity contribution in [1.29, 1.82) is 0 Å². The second kappa shape index (κ2) is 7.60. The molecule has 6 nitrogen and oxygen atoms in total. The number of nitro groups is 1. The van der Waals surface area contributed by atoms with Gasteiger partial charge < -0.3 is 0 Å². The normalized spacial score (nSPS) is 11.0. The van der Waals surface area contributed by atoms with Gasteiger partial charge in [0.25, 0.3) is 11.6 Å². The number of hydrogen-bond donors (Lipinski definition) is 1. The Bertz CT molecular complexity index is 770. The lowest BCUT2D eigenvalue weighted by Gasteiger charge is -1.99. The molecule has 0 radical (unpaired) electrons. The number of hydrogen-bond acceptors (Lipinski definition) is 4. The number of halogens is 1. The molecule has 0 fully saturated rings. The predicted octanol–water partition coefficient (Wildman–Crippen LogP) is 3.16. The molecule has 23 heavy (non-hydrogen) atoms. The van der Waals surface area contributed by atoms with Gasteiger partial charge in [0.15, 0.2) is 0 Å². The summed E-state index contributed by atoms with van der Waals surface area (Å²) < 4.78 is 13.4. The van der Waals surface area contributed by atoms with Crippen LogP contribution in [0.2, 0.25) is 0 Å². The van der Waals surface area contributed by atoms with Gasteiger partial charge in [0.05, 0.1) is 10.5 Å². The van der Waals surface area contributed by atoms with E-state index in [1.807, 2.05) is 0 Å². The van der Waals surface area contributed by atoms with E-state index in [0.29, 0.717) is 0 Å². The zero-order valence-electron chi connectivity index (χ0n) is 11.8. The highest BCUT2D eigenvalue weighted by Gasteiger charge is 2.08. The number of carbonyl (C=O) groups is 1. The average Bonchev–Trinajstić information content (AvgIpc) is 2.55. The topological polar surface area (TPSA) is 84.6 Å². The zero-order valence-corrected chi connectivity index (χ0v) is 11.8. The number of nitrogens with zero attached hydrogens (tertiary/aromatic N) is 2. The lowest BCUT2D eigenvalue weighted by atomic mass is 10.2. The van der Waals surface area contributed by atoms with E-state index < -0.39 is 16.6 Å². The number of non-ortho nitro benzene ring substituents is 1. The van der Waals surface area contributed by atoms with E-state index in [0.717, 1.165) is 5.56 Å². The molecule has 0 aliphatic heterocycles. The van der Waals surface area contributed by atoms with Crippen molar-refractivity contribution in [1.82, 2.24) is 5.43 Å². The van der Waals surface area contributed by atoms with Crippen molar-refractivity contribution in [3.63, 3.8) is 0 Å². The number of carbonyl (C=O) groups excluding carboxylic acids is 1. The van der Waals surface area contributed by atoms with Gasteiger partial charge in [0, 0.05) is 18.3 Å². The van der Waals surface area contributed by atoms with Crippen LogP contribution in [-0.2, 0) is 0 Å². The maximum absolute atomic E-state index is 13.4. The van der Waals surface area contributed by atoms with Crippen molar-refractivity contribution in [3.8, 4) is 0 Å². The Morgan fingerprint density at radius 3 is 2.52 bits per heavy atom. The van der Waals surface area contributed by atoms with Crippen molar-refractivity contribution in [3.05, 3.63) is 81.7 Å². The summed E-state index contributed by atoms with van der Waals surface area (Å²) in [6.07, 6.45) is 4.52. The fourth-order valence-electron chi connectivity index (χ4n) is 1.71. The summed E-state index contributed by atoms with van der Waals surface area (Å²) in [5.41, 5.74) is 2.85. The number of rotatable bonds is 5. The molecule has 1 N–H and O–H groups in total. The second-order valence-corrected chi connectivity index (χ2v) is 4.41. The summed E-state index contributed by atoms with van der Waals surface area (Å²) >= 11 is 0. The molecule has 0 saturated heterocycles. The molecule has 0 heterocycles. The SMILES string of the molecule is O=C(N/N=C/C=C/c1ccc([N+](=O)[O-])cc1)c1ccccc1F. The molecule has 1 amide bonds. The van der Waals surface area contributed by atoms with E-state index >= 15 is 0 Å². The van der Waals surface area contributed by atoms with Crippen LogP contribution in [0.3, 0.4) is 0 Å². The summed E-state index contributed by atoms with van der Waals surface area (Å²) in [7, 11) is 0. The number of allylic oxidation sites excluding steroid dienone is 1. The quantitative estimate of drug-likeness (QED) is 0.522. The Hall–Kier alpha value is -3.35. The van der Waals surface area contributed by atoms with E-state index in [9.17, 15) is 19.3 Å². The van der Waals surface area contributed by atoms with Crippen molar-refractivity contribution in [2.45, 2.75) is 0 Å².